The lowest BCUT2D eigenvalue weighted by Crippen LogP contribution is -2.21. The topological polar surface area (TPSA) is 58.8 Å². The molecule has 2 heterocycles. The number of hydrazone groups is 1. The molecule has 1 N–H and O–H groups in total. The molecule has 26 heavy (non-hydrogen) atoms. The van der Waals surface area contributed by atoms with Gasteiger partial charge in [-0.2, -0.15) is 18.3 Å². The van der Waals surface area contributed by atoms with E-state index in [2.05, 4.69) is 31.4 Å². The van der Waals surface area contributed by atoms with Gasteiger partial charge in [0.2, 0.25) is 0 Å². The minimum absolute atomic E-state index is 0.141. The third-order valence-electron chi connectivity index (χ3n) is 3.61. The maximum Gasteiger partial charge on any atom is 0.417 e. The van der Waals surface area contributed by atoms with E-state index in [9.17, 15) is 18.0 Å². The van der Waals surface area contributed by atoms with Gasteiger partial charge in [0, 0.05) is 16.2 Å². The number of fused-ring (bicyclic) bond motifs is 1. The monoisotopic (exact) mass is 424 g/mol. The number of halogens is 4. The van der Waals surface area contributed by atoms with Crippen LogP contribution in [0.1, 0.15) is 27.3 Å². The molecule has 9 heteroatoms. The van der Waals surface area contributed by atoms with E-state index in [1.54, 1.807) is 29.7 Å². The Kier molecular flexibility index (Phi) is 4.82. The molecule has 0 fully saturated rings. The molecule has 3 rings (SSSR count). The van der Waals surface area contributed by atoms with Gasteiger partial charge in [-0.3, -0.25) is 9.20 Å². The molecule has 0 radical (unpaired) electrons. The predicted molar refractivity (Wildman–Crippen MR) is 94.1 cm³/mol. The Labute approximate surface area is 154 Å². The molecular formula is C17H12BrF3N4O. The van der Waals surface area contributed by atoms with Crippen molar-refractivity contribution in [3.8, 4) is 0 Å². The second-order valence-corrected chi connectivity index (χ2v) is 6.32. The number of amides is 1. The second-order valence-electron chi connectivity index (χ2n) is 5.41. The molecule has 0 unspecified atom stereocenters. The second kappa shape index (κ2) is 6.91. The Hall–Kier alpha value is -2.68. The van der Waals surface area contributed by atoms with Crippen LogP contribution in [-0.2, 0) is 6.18 Å². The number of aromatic nitrogens is 2. The summed E-state index contributed by atoms with van der Waals surface area (Å²) in [6.45, 7) is 1.67. The molecule has 1 amide bonds. The van der Waals surface area contributed by atoms with Crippen LogP contribution in [0.3, 0.4) is 0 Å². The Morgan fingerprint density at radius 3 is 2.73 bits per heavy atom. The van der Waals surface area contributed by atoms with Gasteiger partial charge >= 0.3 is 6.18 Å². The summed E-state index contributed by atoms with van der Waals surface area (Å²) in [7, 11) is 0. The highest BCUT2D eigenvalue weighted by atomic mass is 79.9. The fraction of sp³-hybridized carbons (Fsp3) is 0.118. The maximum absolute atomic E-state index is 13.0. The number of nitrogens with one attached hydrogen (secondary N) is 1. The fourth-order valence-electron chi connectivity index (χ4n) is 2.49. The third kappa shape index (κ3) is 3.62. The number of imidazole rings is 1. The van der Waals surface area contributed by atoms with Crippen LogP contribution < -0.4 is 5.43 Å². The molecule has 0 aliphatic carbocycles. The van der Waals surface area contributed by atoms with Crippen molar-refractivity contribution in [3.05, 3.63) is 69.6 Å². The molecular weight excluding hydrogens is 413 g/mol. The van der Waals surface area contributed by atoms with Gasteiger partial charge in [0.15, 0.2) is 0 Å². The lowest BCUT2D eigenvalue weighted by atomic mass is 10.1. The van der Waals surface area contributed by atoms with Gasteiger partial charge in [-0.1, -0.05) is 18.2 Å². The summed E-state index contributed by atoms with van der Waals surface area (Å²) in [6, 6.07) is 8.50. The average Bonchev–Trinajstić information content (AvgIpc) is 2.89. The van der Waals surface area contributed by atoms with Crippen molar-refractivity contribution in [2.75, 3.05) is 0 Å². The first kappa shape index (κ1) is 18.1. The quantitative estimate of drug-likeness (QED) is 0.506. The lowest BCUT2D eigenvalue weighted by Gasteiger charge is -2.09. The van der Waals surface area contributed by atoms with Crippen molar-refractivity contribution in [2.45, 2.75) is 13.1 Å². The van der Waals surface area contributed by atoms with Gasteiger partial charge in [0.25, 0.3) is 5.91 Å². The van der Waals surface area contributed by atoms with Crippen molar-refractivity contribution in [1.82, 2.24) is 14.8 Å². The Bertz CT molecular complexity index is 1010. The number of nitrogens with zero attached hydrogens (tertiary/aromatic N) is 3. The van der Waals surface area contributed by atoms with E-state index in [1.807, 2.05) is 0 Å². The molecule has 0 bridgehead atoms. The maximum atomic E-state index is 13.0. The molecule has 2 aromatic heterocycles. The molecule has 134 valence electrons. The number of carbonyl (C=O) groups excluding carboxylic acids is 1. The van der Waals surface area contributed by atoms with Crippen molar-refractivity contribution in [2.24, 2.45) is 5.10 Å². The van der Waals surface area contributed by atoms with E-state index in [0.717, 1.165) is 16.8 Å². The standard InChI is InChI=1S/C17H12BrF3N4O/c1-10-15(25-9-12(18)6-7-14(25)23-10)16(26)24-22-8-11-4-2-3-5-13(11)17(19,20)21/h2-9H,1H3,(H,24,26)/b22-8-. The normalized spacial score (nSPS) is 12.0. The molecule has 5 nitrogen and oxygen atoms in total. The summed E-state index contributed by atoms with van der Waals surface area (Å²) in [5.74, 6) is -0.575. The number of alkyl halides is 3. The largest absolute Gasteiger partial charge is 0.417 e. The predicted octanol–water partition coefficient (Wildman–Crippen LogP) is 4.19. The number of hydrogen-bond acceptors (Lipinski definition) is 3. The van der Waals surface area contributed by atoms with Crippen LogP contribution in [0.4, 0.5) is 13.2 Å². The number of hydrogen-bond donors (Lipinski definition) is 1. The van der Waals surface area contributed by atoms with Gasteiger partial charge in [0.05, 0.1) is 17.5 Å². The minimum Gasteiger partial charge on any atom is -0.294 e. The Morgan fingerprint density at radius 1 is 1.27 bits per heavy atom. The summed E-state index contributed by atoms with van der Waals surface area (Å²) in [4.78, 5) is 16.7. The molecule has 0 aliphatic heterocycles. The summed E-state index contributed by atoms with van der Waals surface area (Å²) >= 11 is 3.32. The zero-order valence-corrected chi connectivity index (χ0v) is 15.0. The van der Waals surface area contributed by atoms with Crippen molar-refractivity contribution in [3.63, 3.8) is 0 Å². The molecule has 0 saturated carbocycles. The first-order valence-corrected chi connectivity index (χ1v) is 8.20. The molecule has 0 atom stereocenters. The Balaban J connectivity index is 1.86. The van der Waals surface area contributed by atoms with Crippen LogP contribution in [0.25, 0.3) is 5.65 Å². The molecule has 0 spiro atoms. The van der Waals surface area contributed by atoms with Gasteiger partial charge in [-0.15, -0.1) is 0 Å². The number of pyridine rings is 1. The van der Waals surface area contributed by atoms with Crippen molar-refractivity contribution >= 4 is 33.7 Å². The third-order valence-corrected chi connectivity index (χ3v) is 4.08. The van der Waals surface area contributed by atoms with Crippen LogP contribution in [0.2, 0.25) is 0 Å². The summed E-state index contributed by atoms with van der Waals surface area (Å²) in [5.41, 5.74) is 2.59. The summed E-state index contributed by atoms with van der Waals surface area (Å²) in [6.07, 6.45) is -1.86. The van der Waals surface area contributed by atoms with Crippen molar-refractivity contribution < 1.29 is 18.0 Å². The van der Waals surface area contributed by atoms with E-state index in [1.165, 1.54) is 18.2 Å². The van der Waals surface area contributed by atoms with Crippen molar-refractivity contribution in [1.29, 1.82) is 0 Å². The van der Waals surface area contributed by atoms with Crippen LogP contribution in [0.5, 0.6) is 0 Å². The lowest BCUT2D eigenvalue weighted by molar-refractivity contribution is -0.137. The average molecular weight is 425 g/mol. The van der Waals surface area contributed by atoms with E-state index in [0.29, 0.717) is 11.3 Å². The van der Waals surface area contributed by atoms with Gasteiger partial charge in [-0.25, -0.2) is 10.4 Å². The van der Waals surface area contributed by atoms with E-state index < -0.39 is 17.6 Å². The van der Waals surface area contributed by atoms with E-state index in [-0.39, 0.29) is 11.3 Å². The number of aryl methyl sites for hydroxylation is 1. The Morgan fingerprint density at radius 2 is 2.00 bits per heavy atom. The first-order chi connectivity index (χ1) is 12.3. The zero-order valence-electron chi connectivity index (χ0n) is 13.4. The highest BCUT2D eigenvalue weighted by Crippen LogP contribution is 2.31. The van der Waals surface area contributed by atoms with Gasteiger partial charge in [0.1, 0.15) is 11.3 Å². The van der Waals surface area contributed by atoms with Crippen LogP contribution in [0.15, 0.2) is 52.2 Å². The van der Waals surface area contributed by atoms with Gasteiger partial charge in [-0.05, 0) is 41.1 Å². The van der Waals surface area contributed by atoms with E-state index >= 15 is 0 Å². The molecule has 0 saturated heterocycles. The first-order valence-electron chi connectivity index (χ1n) is 7.41. The van der Waals surface area contributed by atoms with Crippen LogP contribution >= 0.6 is 15.9 Å². The fourth-order valence-corrected chi connectivity index (χ4v) is 2.83. The van der Waals surface area contributed by atoms with Crippen LogP contribution in [-0.4, -0.2) is 21.5 Å². The zero-order chi connectivity index (χ0) is 18.9. The molecule has 3 aromatic rings. The number of carbonyl (C=O) groups is 1. The number of rotatable bonds is 3. The highest BCUT2D eigenvalue weighted by molar-refractivity contribution is 9.10. The van der Waals surface area contributed by atoms with E-state index in [4.69, 9.17) is 0 Å². The minimum atomic E-state index is -4.50. The number of benzene rings is 1. The summed E-state index contributed by atoms with van der Waals surface area (Å²) in [5, 5.41) is 3.66. The van der Waals surface area contributed by atoms with Gasteiger partial charge < -0.3 is 0 Å². The summed E-state index contributed by atoms with van der Waals surface area (Å²) < 4.78 is 41.2. The highest BCUT2D eigenvalue weighted by Gasteiger charge is 2.32. The SMILES string of the molecule is Cc1nc2ccc(Br)cn2c1C(=O)N/N=C\c1ccccc1C(F)(F)F. The smallest absolute Gasteiger partial charge is 0.294 e. The van der Waals surface area contributed by atoms with Crippen LogP contribution in [0, 0.1) is 6.92 Å². The molecule has 0 aliphatic rings. The molecule has 1 aromatic carbocycles.